The Labute approximate surface area is 164 Å². The van der Waals surface area contributed by atoms with E-state index >= 15 is 0 Å². The highest BCUT2D eigenvalue weighted by atomic mass is 19.1. The average Bonchev–Trinajstić information content (AvgIpc) is 3.16. The van der Waals surface area contributed by atoms with E-state index in [0.29, 0.717) is 22.0 Å². The van der Waals surface area contributed by atoms with E-state index in [1.165, 1.54) is 16.8 Å². The van der Waals surface area contributed by atoms with Crippen LogP contribution in [0.1, 0.15) is 13.0 Å². The third kappa shape index (κ3) is 3.16. The normalized spacial score (nSPS) is 12.2. The second kappa shape index (κ2) is 6.93. The quantitative estimate of drug-likeness (QED) is 0.413. The van der Waals surface area contributed by atoms with E-state index in [1.807, 2.05) is 0 Å². The van der Waals surface area contributed by atoms with Crippen LogP contribution in [-0.2, 0) is 7.05 Å². The second-order valence-corrected chi connectivity index (χ2v) is 6.72. The van der Waals surface area contributed by atoms with Gasteiger partial charge in [-0.25, -0.2) is 4.39 Å². The molecule has 0 amide bonds. The van der Waals surface area contributed by atoms with Crippen molar-refractivity contribution in [3.8, 4) is 11.1 Å². The first kappa shape index (κ1) is 18.5. The number of nitrogens with one attached hydrogen (secondary N) is 2. The number of rotatable bonds is 3. The van der Waals surface area contributed by atoms with E-state index in [-0.39, 0.29) is 11.4 Å². The maximum absolute atomic E-state index is 14.4. The molecule has 0 aromatic carbocycles. The van der Waals surface area contributed by atoms with E-state index in [2.05, 4.69) is 10.1 Å². The van der Waals surface area contributed by atoms with Crippen LogP contribution in [0.2, 0.25) is 0 Å². The number of hydrogen-bond acceptors (Lipinski definition) is 5. The van der Waals surface area contributed by atoms with Crippen LogP contribution in [0, 0.1) is 16.6 Å². The van der Waals surface area contributed by atoms with Crippen LogP contribution >= 0.6 is 0 Å². The first-order valence-corrected chi connectivity index (χ1v) is 8.87. The molecule has 4 aromatic heterocycles. The zero-order valence-corrected chi connectivity index (χ0v) is 15.8. The topological polar surface area (TPSA) is 105 Å². The first-order chi connectivity index (χ1) is 13.9. The molecule has 0 aliphatic heterocycles. The fourth-order valence-electron chi connectivity index (χ4n) is 3.21. The lowest BCUT2D eigenvalue weighted by Crippen LogP contribution is -2.36. The highest BCUT2D eigenvalue weighted by Gasteiger charge is 2.18. The summed E-state index contributed by atoms with van der Waals surface area (Å²) in [5.74, 6) is -0.872. The number of hydrogen-bond donors (Lipinski definition) is 2. The maximum Gasteiger partial charge on any atom is 0.260 e. The molecule has 146 valence electrons. The Morgan fingerprint density at radius 1 is 1.24 bits per heavy atom. The molecular weight excluding hydrogens is 373 g/mol. The molecule has 4 rings (SSSR count). The molecule has 0 aliphatic rings. The van der Waals surface area contributed by atoms with Gasteiger partial charge in [-0.2, -0.15) is 5.10 Å². The Kier molecular flexibility index (Phi) is 4.42. The van der Waals surface area contributed by atoms with Crippen molar-refractivity contribution in [3.05, 3.63) is 76.9 Å². The molecule has 0 radical (unpaired) electrons. The van der Waals surface area contributed by atoms with E-state index in [0.717, 1.165) is 4.57 Å². The van der Waals surface area contributed by atoms with Gasteiger partial charge in [-0.3, -0.25) is 29.8 Å². The van der Waals surface area contributed by atoms with Crippen LogP contribution < -0.4 is 11.0 Å². The summed E-state index contributed by atoms with van der Waals surface area (Å²) < 4.78 is 18.5. The van der Waals surface area contributed by atoms with Crippen LogP contribution in [-0.4, -0.2) is 29.7 Å². The molecule has 0 fully saturated rings. The molecule has 0 spiro atoms. The van der Waals surface area contributed by atoms with E-state index in [1.54, 1.807) is 61.6 Å². The van der Waals surface area contributed by atoms with Gasteiger partial charge in [-0.05, 0) is 31.2 Å². The maximum atomic E-state index is 14.4. The molecule has 4 heterocycles. The van der Waals surface area contributed by atoms with Gasteiger partial charge >= 0.3 is 0 Å². The van der Waals surface area contributed by atoms with Gasteiger partial charge in [0.1, 0.15) is 5.84 Å². The lowest BCUT2D eigenvalue weighted by molar-refractivity contribution is 0.582. The molecule has 0 aliphatic carbocycles. The second-order valence-electron chi connectivity index (χ2n) is 6.72. The van der Waals surface area contributed by atoms with Crippen LogP contribution in [0.4, 0.5) is 4.39 Å². The molecular formula is C20H18FN7O. The van der Waals surface area contributed by atoms with Crippen molar-refractivity contribution in [3.63, 3.8) is 0 Å². The SMILES string of the molecule is CC(C(=N)n1cc(-c2cnn(C)c2)cc(F)c1=N)n1ccc2ncccc2c1=O. The van der Waals surface area contributed by atoms with E-state index in [9.17, 15) is 9.18 Å². The summed E-state index contributed by atoms with van der Waals surface area (Å²) in [5, 5.41) is 21.1. The minimum atomic E-state index is -0.765. The molecule has 8 nitrogen and oxygen atoms in total. The molecule has 29 heavy (non-hydrogen) atoms. The Bertz CT molecular complexity index is 1370. The summed E-state index contributed by atoms with van der Waals surface area (Å²) in [4.78, 5) is 17.0. The third-order valence-electron chi connectivity index (χ3n) is 4.82. The van der Waals surface area contributed by atoms with Gasteiger partial charge in [0.2, 0.25) is 0 Å². The van der Waals surface area contributed by atoms with Crippen LogP contribution in [0.15, 0.2) is 60.0 Å². The summed E-state index contributed by atoms with van der Waals surface area (Å²) in [6.07, 6.45) is 7.97. The molecule has 9 heteroatoms. The predicted octanol–water partition coefficient (Wildman–Crippen LogP) is 2.30. The highest BCUT2D eigenvalue weighted by Crippen LogP contribution is 2.19. The van der Waals surface area contributed by atoms with Crippen LogP contribution in [0.3, 0.4) is 0 Å². The molecule has 1 atom stereocenters. The van der Waals surface area contributed by atoms with Gasteiger partial charge in [-0.15, -0.1) is 0 Å². The summed E-state index contributed by atoms with van der Waals surface area (Å²) in [7, 11) is 1.75. The van der Waals surface area contributed by atoms with Gasteiger partial charge in [0, 0.05) is 43.0 Å². The van der Waals surface area contributed by atoms with Crippen molar-refractivity contribution >= 4 is 16.7 Å². The number of pyridine rings is 3. The number of halogens is 1. The zero-order chi connectivity index (χ0) is 20.7. The third-order valence-corrected chi connectivity index (χ3v) is 4.82. The van der Waals surface area contributed by atoms with Crippen molar-refractivity contribution < 1.29 is 4.39 Å². The molecule has 4 aromatic rings. The summed E-state index contributed by atoms with van der Waals surface area (Å²) in [5.41, 5.74) is 0.952. The first-order valence-electron chi connectivity index (χ1n) is 8.87. The van der Waals surface area contributed by atoms with Gasteiger partial charge in [-0.1, -0.05) is 0 Å². The summed E-state index contributed by atoms with van der Waals surface area (Å²) >= 11 is 0. The van der Waals surface area contributed by atoms with Crippen molar-refractivity contribution in [2.24, 2.45) is 7.05 Å². The van der Waals surface area contributed by atoms with Crippen molar-refractivity contribution in [1.29, 1.82) is 10.8 Å². The predicted molar refractivity (Wildman–Crippen MR) is 106 cm³/mol. The Morgan fingerprint density at radius 3 is 2.76 bits per heavy atom. The monoisotopic (exact) mass is 391 g/mol. The van der Waals surface area contributed by atoms with Gasteiger partial charge in [0.25, 0.3) is 5.56 Å². The number of fused-ring (bicyclic) bond motifs is 1. The summed E-state index contributed by atoms with van der Waals surface area (Å²) in [6.45, 7) is 1.66. The number of nitrogens with zero attached hydrogens (tertiary/aromatic N) is 5. The minimum Gasteiger partial charge on any atom is -0.305 e. The lowest BCUT2D eigenvalue weighted by atomic mass is 10.1. The Balaban J connectivity index is 1.80. The Morgan fingerprint density at radius 2 is 2.03 bits per heavy atom. The molecule has 0 bridgehead atoms. The van der Waals surface area contributed by atoms with Gasteiger partial charge in [0.05, 0.1) is 23.1 Å². The minimum absolute atomic E-state index is 0.106. The van der Waals surface area contributed by atoms with Crippen LogP contribution in [0.25, 0.3) is 22.0 Å². The largest absolute Gasteiger partial charge is 0.305 e. The molecule has 0 saturated carbocycles. The van der Waals surface area contributed by atoms with Crippen molar-refractivity contribution in [2.45, 2.75) is 13.0 Å². The van der Waals surface area contributed by atoms with E-state index < -0.39 is 17.3 Å². The smallest absolute Gasteiger partial charge is 0.260 e. The summed E-state index contributed by atoms with van der Waals surface area (Å²) in [6, 6.07) is 5.54. The van der Waals surface area contributed by atoms with Crippen molar-refractivity contribution in [1.82, 2.24) is 23.9 Å². The molecule has 2 N–H and O–H groups in total. The fraction of sp³-hybridized carbons (Fsp3) is 0.150. The van der Waals surface area contributed by atoms with Crippen LogP contribution in [0.5, 0.6) is 0 Å². The number of aromatic nitrogens is 5. The number of aryl methyl sites for hydroxylation is 1. The fourth-order valence-corrected chi connectivity index (χ4v) is 3.21. The standard InChI is InChI=1S/C20H18FN7O/c1-12(27-7-5-17-15(20(27)29)4-3-6-24-17)18(22)28-11-13(8-16(21)19(28)23)14-9-25-26(2)10-14/h3-12,22-23H,1-2H3. The Hall–Kier alpha value is -3.88. The zero-order valence-electron chi connectivity index (χ0n) is 15.8. The van der Waals surface area contributed by atoms with Gasteiger partial charge in [0.15, 0.2) is 11.3 Å². The van der Waals surface area contributed by atoms with E-state index in [4.69, 9.17) is 10.8 Å². The average molecular weight is 391 g/mol. The van der Waals surface area contributed by atoms with Crippen molar-refractivity contribution in [2.75, 3.05) is 0 Å². The molecule has 1 unspecified atom stereocenters. The lowest BCUT2D eigenvalue weighted by Gasteiger charge is -2.19. The molecule has 0 saturated heterocycles. The highest BCUT2D eigenvalue weighted by molar-refractivity contribution is 5.86. The van der Waals surface area contributed by atoms with Gasteiger partial charge < -0.3 is 4.57 Å².